The van der Waals surface area contributed by atoms with Crippen molar-refractivity contribution in [2.24, 2.45) is 51.8 Å². The zero-order valence-electron chi connectivity index (χ0n) is 79.6. The molecule has 18 rings (SSSR count). The monoisotopic (exact) mass is 2040 g/mol. The van der Waals surface area contributed by atoms with Crippen molar-refractivity contribution in [3.8, 4) is 52.1 Å². The fourth-order valence-electron chi connectivity index (χ4n) is 20.6. The Morgan fingerprint density at radius 1 is 0.370 bits per heavy atom. The van der Waals surface area contributed by atoms with Crippen molar-refractivity contribution in [1.29, 1.82) is 0 Å². The molecule has 12 heterocycles. The Morgan fingerprint density at radius 2 is 0.696 bits per heavy atom. The summed E-state index contributed by atoms with van der Waals surface area (Å²) < 4.78 is 149. The zero-order valence-corrected chi connectivity index (χ0v) is 83.8. The number of halogens is 6. The van der Waals surface area contributed by atoms with E-state index < -0.39 is 155 Å². The largest absolute Gasteiger partial charge is 0.586 e. The molecule has 6 amide bonds. The van der Waals surface area contributed by atoms with Crippen molar-refractivity contribution in [2.45, 2.75) is 329 Å². The number of amides is 6. The summed E-state index contributed by atoms with van der Waals surface area (Å²) in [7, 11) is 0. The van der Waals surface area contributed by atoms with Crippen LogP contribution in [-0.2, 0) is 118 Å². The molecule has 3 N–H and O–H groups in total. The number of rotatable bonds is 3. The third kappa shape index (κ3) is 22.5. The first-order chi connectivity index (χ1) is 63.7. The Kier molecular flexibility index (Phi) is 31.6. The number of aromatic nitrogens is 6. The molecule has 12 aliphatic rings. The molecule has 6 fully saturated rings. The topological polar surface area (TPSA) is 388 Å². The minimum absolute atomic E-state index is 0. The standard InChI is InChI=1S/C33H41F2N4O7.C32H39F2N4O7.C31H37F2N4O7.3V/c1-18-22(17-40)39-16-24(18)43-28-21(36-20-13-14-23-26(25(20)37-28)45-33(34,35)44-23)12-8-6-7-10-19-11-9-15-32(19,5)46-30(42)38-27(29(39)41)31(2,3)4;1-17-21(16-39)38-15-24(17)42-28-20(35-19-13-14-23-26(25(19)36-28)45-32(33,34)44-23)11-7-5-6-9-18-10-8-12-22(18)43-30(41)37-27(29(38)40)31(2,3)4;1-16-20(15-38)37-14-22(16)41-26-19(34-18-11-12-21-24(23(18)35-26)43-31(32,33)42-21)10-8-6-7-9-17-13-30(17,5)44-28(40)36-25(27(37)39)29(2,3)4;;;/h13-14,18-19,22,24,27H,6-12,15-16H2,1-5H3,(H,38,42);13-14,17-18,21-22,24,27H,5-12,15H2,1-4H3,(H,37,41);11-12,16-17,20,22,25H,6-10,13-14H2,1-5H3,(H,36,40);;;/q3*-1;;;/t18-,19+,22+,24-,27+,32+;17-,18+,21+,22+,24-,27+;16-,17+,20+,22-,25+,30+;;;/m000.../s1. The van der Waals surface area contributed by atoms with Crippen LogP contribution in [0.3, 0.4) is 0 Å². The summed E-state index contributed by atoms with van der Waals surface area (Å²) in [5.41, 5.74) is -0.543. The fraction of sp³-hybridized carbons (Fsp3) is 0.656. The molecular weight excluding hydrogens is 1920 g/mol. The Labute approximate surface area is 831 Å². The number of carbonyl (C=O) groups is 6. The molecule has 18 atom stereocenters. The van der Waals surface area contributed by atoms with Crippen molar-refractivity contribution >= 4 is 88.0 Å². The van der Waals surface area contributed by atoms with E-state index in [1.807, 2.05) is 95.0 Å². The summed E-state index contributed by atoms with van der Waals surface area (Å²) >= 11 is 0. The molecule has 6 bridgehead atoms. The molecule has 3 saturated heterocycles. The predicted molar refractivity (Wildman–Crippen MR) is 470 cm³/mol. The van der Waals surface area contributed by atoms with Crippen molar-refractivity contribution < 1.29 is 182 Å². The molecule has 3 radical (unpaired) electrons. The second kappa shape index (κ2) is 41.2. The van der Waals surface area contributed by atoms with Crippen LogP contribution in [-0.4, -0.2) is 210 Å². The van der Waals surface area contributed by atoms with Gasteiger partial charge in [-0.25, -0.2) is 63.1 Å². The summed E-state index contributed by atoms with van der Waals surface area (Å²) in [5.74, 6) is -3.10. The van der Waals surface area contributed by atoms with Crippen LogP contribution < -0.4 is 58.6 Å². The van der Waals surface area contributed by atoms with E-state index in [0.717, 1.165) is 122 Å². The van der Waals surface area contributed by atoms with Crippen molar-refractivity contribution in [2.75, 3.05) is 19.6 Å². The van der Waals surface area contributed by atoms with Crippen molar-refractivity contribution in [1.82, 2.24) is 60.6 Å². The third-order valence-corrected chi connectivity index (χ3v) is 28.6. The first-order valence-electron chi connectivity index (χ1n) is 47.0. The van der Waals surface area contributed by atoms with Gasteiger partial charge < -0.3 is 102 Å². The number of alkyl carbamates (subject to hydrolysis) is 3. The van der Waals surface area contributed by atoms with Crippen LogP contribution in [0.1, 0.15) is 236 Å². The van der Waals surface area contributed by atoms with Crippen LogP contribution in [0, 0.1) is 51.8 Å². The number of carbonyl (C=O) groups excluding carboxylic acids is 9. The number of hydrogen-bond donors (Lipinski definition) is 3. The maximum absolute atomic E-state index is 14.1. The molecule has 138 heavy (non-hydrogen) atoms. The summed E-state index contributed by atoms with van der Waals surface area (Å²) in [6, 6.07) is 2.91. The Bertz CT molecular complexity index is 5590. The molecule has 747 valence electrons. The number of fused-ring (bicyclic) bond motifs is 21. The van der Waals surface area contributed by atoms with Gasteiger partial charge in [-0.15, -0.1) is 26.3 Å². The van der Waals surface area contributed by atoms with E-state index in [2.05, 4.69) is 45.1 Å². The zero-order chi connectivity index (χ0) is 96.7. The predicted octanol–water partition coefficient (Wildman–Crippen LogP) is 15.2. The maximum atomic E-state index is 14.1. The molecule has 6 aromatic rings. The minimum Gasteiger partial charge on any atom is -0.540 e. The van der Waals surface area contributed by atoms with Crippen LogP contribution in [0.15, 0.2) is 36.4 Å². The van der Waals surface area contributed by atoms with Gasteiger partial charge in [0.15, 0.2) is 17.2 Å². The van der Waals surface area contributed by atoms with Gasteiger partial charge in [0.2, 0.25) is 52.6 Å². The molecule has 33 nitrogen and oxygen atoms in total. The fourth-order valence-corrected chi connectivity index (χ4v) is 20.6. The van der Waals surface area contributed by atoms with Crippen molar-refractivity contribution in [3.05, 3.63) is 53.5 Å². The molecule has 0 spiro atoms. The molecule has 3 aromatic heterocycles. The molecule has 3 aliphatic carbocycles. The number of ether oxygens (including phenoxy) is 12. The second-order valence-electron chi connectivity index (χ2n) is 41.6. The molecule has 9 aliphatic heterocycles. The van der Waals surface area contributed by atoms with Gasteiger partial charge >= 0.3 is 37.2 Å². The molecule has 3 saturated carbocycles. The number of nitrogens with zero attached hydrogens (tertiary/aromatic N) is 9. The number of nitrogens with one attached hydrogen (secondary N) is 3. The van der Waals surface area contributed by atoms with Gasteiger partial charge in [0, 0.05) is 61.6 Å². The van der Waals surface area contributed by atoms with Gasteiger partial charge in [-0.2, -0.15) is 0 Å². The molecular formula is C96H117F6N12O21V3-3. The van der Waals surface area contributed by atoms with E-state index in [-0.39, 0.29) is 168 Å². The first kappa shape index (κ1) is 106. The Morgan fingerprint density at radius 3 is 1.05 bits per heavy atom. The maximum Gasteiger partial charge on any atom is 0.586 e. The van der Waals surface area contributed by atoms with Gasteiger partial charge in [0.1, 0.15) is 87.4 Å². The van der Waals surface area contributed by atoms with E-state index in [0.29, 0.717) is 52.9 Å². The van der Waals surface area contributed by atoms with Gasteiger partial charge in [0.05, 0.1) is 36.2 Å². The minimum atomic E-state index is -3.84. The second-order valence-corrected chi connectivity index (χ2v) is 41.6. The SMILES string of the molecule is C[C@@H]1[C@@H]2CN(C(=O)[C@H](C(C)(C)C)NC(=O)O[C@@H]3CCC[C@H]3CCCCCc3nc4ccc5c(c4nc3O2)OC(F)(F)O5)[C@@H]1[C-]=O.C[C@@H]1[C@@H]2CN(C(=O)[C@H](C(C)(C)C)NC(=O)O[C@]3(C)CCC[C@H]3CCCCCc3nc4ccc5c(c4nc3O2)OC(F)(F)O5)[C@@H]1[C-]=O.C[C@@H]1[C@@H]2CN(C(=O)[C@H](C(C)(C)C)NC(=O)O[C@]3(C)C[C@H]3CCCCCc3nc4ccc5c(c4nc3O2)OC(F)(F)O5)[C@@H]1[C-]=O.[V].[V].[V]. The number of aryl methyl sites for hydroxylation is 3. The van der Waals surface area contributed by atoms with E-state index in [1.54, 1.807) is 39.0 Å². The van der Waals surface area contributed by atoms with E-state index >= 15 is 0 Å². The molecule has 3 aromatic carbocycles. The number of benzene rings is 3. The van der Waals surface area contributed by atoms with Gasteiger partial charge in [0.25, 0.3) is 0 Å². The Hall–Kier alpha value is -9.56. The van der Waals surface area contributed by atoms with Gasteiger partial charge in [-0.1, -0.05) is 140 Å². The van der Waals surface area contributed by atoms with Crippen LogP contribution >= 0.6 is 0 Å². The first-order valence-corrected chi connectivity index (χ1v) is 47.0. The normalized spacial score (nSPS) is 30.7. The molecule has 42 heteroatoms. The van der Waals surface area contributed by atoms with Crippen LogP contribution in [0.5, 0.6) is 52.1 Å². The average Bonchev–Trinajstić information content (AvgIpc) is 1.60. The summed E-state index contributed by atoms with van der Waals surface area (Å²) in [4.78, 5) is 151. The summed E-state index contributed by atoms with van der Waals surface area (Å²) in [5, 5.41) is 8.39. The third-order valence-electron chi connectivity index (χ3n) is 28.6. The smallest absolute Gasteiger partial charge is 0.540 e. The van der Waals surface area contributed by atoms with E-state index in [1.165, 1.54) is 32.9 Å². The van der Waals surface area contributed by atoms with Gasteiger partial charge in [-0.05, 0) is 199 Å². The van der Waals surface area contributed by atoms with E-state index in [9.17, 15) is 69.5 Å². The van der Waals surface area contributed by atoms with Crippen LogP contribution in [0.2, 0.25) is 0 Å². The number of hydrogen-bond acceptors (Lipinski definition) is 27. The summed E-state index contributed by atoms with van der Waals surface area (Å²) in [6.07, 6.45) is 8.03. The molecule has 0 unspecified atom stereocenters. The van der Waals surface area contributed by atoms with Gasteiger partial charge in [-0.3, -0.25) is 14.4 Å². The van der Waals surface area contributed by atoms with Crippen molar-refractivity contribution in [3.63, 3.8) is 0 Å². The quantitative estimate of drug-likeness (QED) is 0.0841. The Balaban J connectivity index is 0.000000173. The number of alkyl halides is 6. The van der Waals surface area contributed by atoms with Crippen LogP contribution in [0.4, 0.5) is 40.7 Å². The summed E-state index contributed by atoms with van der Waals surface area (Å²) in [6.45, 7) is 25.7. The average molecular weight is 2040 g/mol. The van der Waals surface area contributed by atoms with Crippen LogP contribution in [0.25, 0.3) is 33.1 Å². The van der Waals surface area contributed by atoms with E-state index in [4.69, 9.17) is 57.6 Å².